The summed E-state index contributed by atoms with van der Waals surface area (Å²) in [7, 11) is 0. The Morgan fingerprint density at radius 1 is 1.12 bits per heavy atom. The number of benzene rings is 1. The Hall–Kier alpha value is -1.58. The molecule has 0 bridgehead atoms. The van der Waals surface area contributed by atoms with Crippen LogP contribution in [-0.2, 0) is 9.53 Å². The van der Waals surface area contributed by atoms with Crippen molar-refractivity contribution in [3.05, 3.63) is 29.8 Å². The molecule has 0 aliphatic heterocycles. The van der Waals surface area contributed by atoms with Gasteiger partial charge in [0.2, 0.25) is 5.91 Å². The lowest BCUT2D eigenvalue weighted by atomic mass is 10.2. The molecule has 1 N–H and O–H groups in total. The van der Waals surface area contributed by atoms with Gasteiger partial charge < -0.3 is 10.1 Å². The van der Waals surface area contributed by atoms with Crippen molar-refractivity contribution in [3.8, 4) is 0 Å². The number of rotatable bonds is 8. The van der Waals surface area contributed by atoms with E-state index in [4.69, 9.17) is 4.74 Å². The molecule has 0 aliphatic rings. The highest BCUT2D eigenvalue weighted by Crippen LogP contribution is 2.28. The van der Waals surface area contributed by atoms with Crippen LogP contribution in [-0.4, -0.2) is 40.2 Å². The van der Waals surface area contributed by atoms with Crippen LogP contribution in [0, 0.1) is 0 Å². The maximum atomic E-state index is 12.0. The fourth-order valence-corrected chi connectivity index (χ4v) is 4.38. The van der Waals surface area contributed by atoms with Gasteiger partial charge in [-0.2, -0.15) is 0 Å². The van der Waals surface area contributed by atoms with Crippen molar-refractivity contribution >= 4 is 52.4 Å². The largest absolute Gasteiger partial charge is 0.462 e. The van der Waals surface area contributed by atoms with Crippen LogP contribution in [0.1, 0.15) is 24.2 Å². The summed E-state index contributed by atoms with van der Waals surface area (Å²) in [5.41, 5.74) is 1.09. The van der Waals surface area contributed by atoms with Gasteiger partial charge in [0.15, 0.2) is 8.68 Å². The molecule has 9 heteroatoms. The summed E-state index contributed by atoms with van der Waals surface area (Å²) in [5, 5.41) is 10.9. The van der Waals surface area contributed by atoms with Gasteiger partial charge in [-0.15, -0.1) is 10.2 Å². The Morgan fingerprint density at radius 3 is 2.42 bits per heavy atom. The lowest BCUT2D eigenvalue weighted by molar-refractivity contribution is -0.113. The summed E-state index contributed by atoms with van der Waals surface area (Å²) in [4.78, 5) is 23.5. The molecule has 0 aliphatic carbocycles. The number of anilines is 1. The Balaban J connectivity index is 1.82. The number of amides is 1. The third kappa shape index (κ3) is 5.81. The smallest absolute Gasteiger partial charge is 0.338 e. The van der Waals surface area contributed by atoms with Crippen molar-refractivity contribution < 1.29 is 14.3 Å². The summed E-state index contributed by atoms with van der Waals surface area (Å²) >= 11 is 4.48. The Bertz CT molecular complexity index is 689. The van der Waals surface area contributed by atoms with Crippen molar-refractivity contribution in [1.82, 2.24) is 10.2 Å². The molecule has 0 unspecified atom stereocenters. The molecule has 0 saturated heterocycles. The van der Waals surface area contributed by atoms with Gasteiger partial charge in [-0.25, -0.2) is 4.79 Å². The van der Waals surface area contributed by atoms with Crippen LogP contribution < -0.4 is 5.32 Å². The molecule has 128 valence electrons. The fraction of sp³-hybridized carbons (Fsp3) is 0.333. The Kier molecular flexibility index (Phi) is 7.54. The quantitative estimate of drug-likeness (QED) is 0.551. The van der Waals surface area contributed by atoms with Crippen molar-refractivity contribution in [2.75, 3.05) is 23.4 Å². The van der Waals surface area contributed by atoms with Crippen molar-refractivity contribution in [1.29, 1.82) is 0 Å². The van der Waals surface area contributed by atoms with E-state index in [1.54, 1.807) is 43.0 Å². The van der Waals surface area contributed by atoms with Gasteiger partial charge in [0.05, 0.1) is 17.9 Å². The van der Waals surface area contributed by atoms with Crippen LogP contribution in [0.4, 0.5) is 5.69 Å². The lowest BCUT2D eigenvalue weighted by Gasteiger charge is -2.05. The molecule has 0 saturated carbocycles. The topological polar surface area (TPSA) is 81.2 Å². The van der Waals surface area contributed by atoms with Crippen LogP contribution in [0.2, 0.25) is 0 Å². The van der Waals surface area contributed by atoms with Crippen molar-refractivity contribution in [3.63, 3.8) is 0 Å². The highest BCUT2D eigenvalue weighted by molar-refractivity contribution is 8.03. The van der Waals surface area contributed by atoms with E-state index in [-0.39, 0.29) is 17.6 Å². The molecule has 0 radical (unpaired) electrons. The first-order valence-electron chi connectivity index (χ1n) is 7.28. The van der Waals surface area contributed by atoms with Gasteiger partial charge in [0.25, 0.3) is 0 Å². The molecule has 1 amide bonds. The number of aromatic nitrogens is 2. The molecule has 1 aromatic heterocycles. The van der Waals surface area contributed by atoms with Crippen LogP contribution in [0.25, 0.3) is 0 Å². The fourth-order valence-electron chi connectivity index (χ4n) is 1.67. The predicted molar refractivity (Wildman–Crippen MR) is 98.1 cm³/mol. The maximum absolute atomic E-state index is 12.0. The molecule has 2 rings (SSSR count). The van der Waals surface area contributed by atoms with Gasteiger partial charge in [-0.3, -0.25) is 4.79 Å². The average molecular weight is 384 g/mol. The van der Waals surface area contributed by atoms with E-state index in [0.717, 1.165) is 14.4 Å². The molecule has 2 aromatic rings. The highest BCUT2D eigenvalue weighted by atomic mass is 32.2. The second kappa shape index (κ2) is 9.65. The molecule has 0 fully saturated rings. The monoisotopic (exact) mass is 383 g/mol. The van der Waals surface area contributed by atoms with Crippen LogP contribution >= 0.6 is 34.9 Å². The summed E-state index contributed by atoms with van der Waals surface area (Å²) < 4.78 is 6.60. The summed E-state index contributed by atoms with van der Waals surface area (Å²) in [5.74, 6) is 0.693. The number of hydrogen-bond acceptors (Lipinski definition) is 8. The highest BCUT2D eigenvalue weighted by Gasteiger charge is 2.10. The molecule has 1 aromatic carbocycles. The lowest BCUT2D eigenvalue weighted by Crippen LogP contribution is -2.14. The number of carbonyl (C=O) groups excluding carboxylic acids is 2. The third-order valence-corrected chi connectivity index (χ3v) is 5.73. The minimum Gasteiger partial charge on any atom is -0.462 e. The van der Waals surface area contributed by atoms with E-state index in [1.807, 2.05) is 0 Å². The summed E-state index contributed by atoms with van der Waals surface area (Å²) in [6, 6.07) is 6.60. The van der Waals surface area contributed by atoms with Gasteiger partial charge in [0.1, 0.15) is 0 Å². The number of thioether (sulfide) groups is 2. The van der Waals surface area contributed by atoms with E-state index < -0.39 is 0 Å². The summed E-state index contributed by atoms with van der Waals surface area (Å²) in [6.07, 6.45) is 0. The first kappa shape index (κ1) is 18.8. The van der Waals surface area contributed by atoms with Gasteiger partial charge in [0, 0.05) is 5.69 Å². The third-order valence-electron chi connectivity index (χ3n) is 2.66. The molecule has 24 heavy (non-hydrogen) atoms. The van der Waals surface area contributed by atoms with E-state index in [9.17, 15) is 9.59 Å². The SMILES string of the molecule is CCOC(=O)c1ccc(NC(=O)CSc2nnc(SCC)s2)cc1. The number of hydrogen-bond donors (Lipinski definition) is 1. The number of esters is 1. The second-order valence-electron chi connectivity index (χ2n) is 4.40. The molecule has 0 spiro atoms. The zero-order valence-electron chi connectivity index (χ0n) is 13.3. The molecule has 1 heterocycles. The second-order valence-corrected chi connectivity index (χ2v) is 8.11. The predicted octanol–water partition coefficient (Wildman–Crippen LogP) is 3.56. The number of nitrogens with zero attached hydrogens (tertiary/aromatic N) is 2. The van der Waals surface area contributed by atoms with Gasteiger partial charge in [-0.05, 0) is 36.9 Å². The van der Waals surface area contributed by atoms with E-state index >= 15 is 0 Å². The molecular formula is C15H17N3O3S3. The molecule has 0 atom stereocenters. The van der Waals surface area contributed by atoms with Crippen LogP contribution in [0.15, 0.2) is 32.9 Å². The van der Waals surface area contributed by atoms with Gasteiger partial charge in [-0.1, -0.05) is 41.8 Å². The number of ether oxygens (including phenoxy) is 1. The first-order valence-corrected chi connectivity index (χ1v) is 10.1. The zero-order chi connectivity index (χ0) is 17.4. The van der Waals surface area contributed by atoms with E-state index in [2.05, 4.69) is 22.4 Å². The van der Waals surface area contributed by atoms with Crippen LogP contribution in [0.5, 0.6) is 0 Å². The maximum Gasteiger partial charge on any atom is 0.338 e. The first-order chi connectivity index (χ1) is 11.6. The number of carbonyl (C=O) groups is 2. The Morgan fingerprint density at radius 2 is 1.79 bits per heavy atom. The average Bonchev–Trinajstić information content (AvgIpc) is 3.02. The van der Waals surface area contributed by atoms with Gasteiger partial charge >= 0.3 is 5.97 Å². The zero-order valence-corrected chi connectivity index (χ0v) is 15.7. The van der Waals surface area contributed by atoms with E-state index in [1.165, 1.54) is 23.1 Å². The normalized spacial score (nSPS) is 10.4. The van der Waals surface area contributed by atoms with Crippen molar-refractivity contribution in [2.24, 2.45) is 0 Å². The van der Waals surface area contributed by atoms with Crippen molar-refractivity contribution in [2.45, 2.75) is 22.5 Å². The Labute approximate surface area is 152 Å². The minimum absolute atomic E-state index is 0.135. The van der Waals surface area contributed by atoms with E-state index in [0.29, 0.717) is 17.9 Å². The van der Waals surface area contributed by atoms with Crippen LogP contribution in [0.3, 0.4) is 0 Å². The molecular weight excluding hydrogens is 366 g/mol. The number of nitrogens with one attached hydrogen (secondary N) is 1. The minimum atomic E-state index is -0.372. The standard InChI is InChI=1S/C15H17N3O3S3/c1-3-21-13(20)10-5-7-11(8-6-10)16-12(19)9-23-15-18-17-14(24-15)22-4-2/h5-8H,3-4,9H2,1-2H3,(H,16,19). The molecule has 6 nitrogen and oxygen atoms in total. The summed E-state index contributed by atoms with van der Waals surface area (Å²) in [6.45, 7) is 4.14.